The number of hydrogen-bond donors (Lipinski definition) is 3. The summed E-state index contributed by atoms with van der Waals surface area (Å²) in [6, 6.07) is -0.0886. The first-order valence-corrected chi connectivity index (χ1v) is 5.31. The number of imidazole rings is 1. The lowest BCUT2D eigenvalue weighted by Crippen LogP contribution is -2.28. The minimum Gasteiger partial charge on any atom is -0.493 e. The van der Waals surface area contributed by atoms with Crippen molar-refractivity contribution < 1.29 is 15.0 Å². The molecule has 1 heterocycles. The van der Waals surface area contributed by atoms with E-state index in [1.165, 1.54) is 10.8 Å². The summed E-state index contributed by atoms with van der Waals surface area (Å²) < 4.78 is 1.30. The first-order chi connectivity index (χ1) is 7.59. The van der Waals surface area contributed by atoms with Crippen LogP contribution in [-0.2, 0) is 4.79 Å². The van der Waals surface area contributed by atoms with Crippen LogP contribution in [0.4, 0.5) is 0 Å². The van der Waals surface area contributed by atoms with E-state index < -0.39 is 5.97 Å². The van der Waals surface area contributed by atoms with Crippen LogP contribution in [-0.4, -0.2) is 25.7 Å². The van der Waals surface area contributed by atoms with Gasteiger partial charge in [0, 0.05) is 6.04 Å². The van der Waals surface area contributed by atoms with Gasteiger partial charge in [-0.2, -0.15) is 0 Å². The Labute approximate surface area is 91.5 Å². The zero-order chi connectivity index (χ0) is 11.7. The molecular formula is C10H14N2O4. The van der Waals surface area contributed by atoms with Gasteiger partial charge in [-0.25, -0.2) is 4.79 Å². The largest absolute Gasteiger partial charge is 0.493 e. The highest BCUT2D eigenvalue weighted by Crippen LogP contribution is 2.33. The zero-order valence-electron chi connectivity index (χ0n) is 8.72. The van der Waals surface area contributed by atoms with Crippen molar-refractivity contribution in [3.8, 4) is 5.88 Å². The van der Waals surface area contributed by atoms with E-state index in [4.69, 9.17) is 5.11 Å². The van der Waals surface area contributed by atoms with Crippen molar-refractivity contribution in [2.45, 2.75) is 31.7 Å². The highest BCUT2D eigenvalue weighted by molar-refractivity contribution is 5.70. The Morgan fingerprint density at radius 3 is 2.44 bits per heavy atom. The number of nitrogens with zero attached hydrogens (tertiary/aromatic N) is 1. The van der Waals surface area contributed by atoms with Crippen LogP contribution >= 0.6 is 0 Å². The molecule has 0 amide bonds. The molecule has 0 unspecified atom stereocenters. The number of rotatable bonds is 2. The van der Waals surface area contributed by atoms with E-state index >= 15 is 0 Å². The Bertz CT molecular complexity index is 440. The Kier molecular flexibility index (Phi) is 2.72. The Balaban J connectivity index is 2.10. The van der Waals surface area contributed by atoms with Crippen molar-refractivity contribution in [2.24, 2.45) is 5.92 Å². The van der Waals surface area contributed by atoms with Crippen LogP contribution in [0, 0.1) is 5.92 Å². The highest BCUT2D eigenvalue weighted by Gasteiger charge is 2.28. The summed E-state index contributed by atoms with van der Waals surface area (Å²) in [4.78, 5) is 24.6. The summed E-state index contributed by atoms with van der Waals surface area (Å²) in [5.41, 5.74) is -0.337. The maximum absolute atomic E-state index is 11.4. The van der Waals surface area contributed by atoms with Crippen LogP contribution in [0.5, 0.6) is 5.88 Å². The Morgan fingerprint density at radius 2 is 2.00 bits per heavy atom. The summed E-state index contributed by atoms with van der Waals surface area (Å²) in [7, 11) is 0. The molecule has 0 spiro atoms. The SMILES string of the molecule is O=C(O)C1CCC(n2c(O)c[nH]c2=O)CC1. The van der Waals surface area contributed by atoms with Crippen molar-refractivity contribution in [2.75, 3.05) is 0 Å². The van der Waals surface area contributed by atoms with Gasteiger partial charge >= 0.3 is 11.7 Å². The first-order valence-electron chi connectivity index (χ1n) is 5.31. The van der Waals surface area contributed by atoms with E-state index in [1.807, 2.05) is 0 Å². The zero-order valence-corrected chi connectivity index (χ0v) is 8.72. The van der Waals surface area contributed by atoms with Crippen molar-refractivity contribution in [3.05, 3.63) is 16.7 Å². The van der Waals surface area contributed by atoms with Gasteiger partial charge in [-0.3, -0.25) is 9.36 Å². The molecule has 16 heavy (non-hydrogen) atoms. The van der Waals surface area contributed by atoms with Gasteiger partial charge in [0.1, 0.15) is 0 Å². The van der Waals surface area contributed by atoms with E-state index in [2.05, 4.69) is 4.98 Å². The molecule has 0 radical (unpaired) electrons. The van der Waals surface area contributed by atoms with Gasteiger partial charge in [0.05, 0.1) is 12.1 Å². The van der Waals surface area contributed by atoms with E-state index in [9.17, 15) is 14.7 Å². The Morgan fingerprint density at radius 1 is 1.38 bits per heavy atom. The van der Waals surface area contributed by atoms with Crippen LogP contribution in [0.1, 0.15) is 31.7 Å². The second kappa shape index (κ2) is 4.03. The number of aromatic amines is 1. The van der Waals surface area contributed by atoms with Gasteiger partial charge in [0.25, 0.3) is 0 Å². The Hall–Kier alpha value is -1.72. The molecule has 0 aliphatic heterocycles. The number of carboxylic acid groups (broad SMARTS) is 1. The van der Waals surface area contributed by atoms with E-state index in [0.29, 0.717) is 25.7 Å². The molecule has 1 aromatic rings. The summed E-state index contributed by atoms with van der Waals surface area (Å²) in [6.45, 7) is 0. The lowest BCUT2D eigenvalue weighted by molar-refractivity contribution is -0.143. The molecule has 1 aliphatic carbocycles. The van der Waals surface area contributed by atoms with Crippen molar-refractivity contribution in [1.29, 1.82) is 0 Å². The number of aliphatic carboxylic acids is 1. The van der Waals surface area contributed by atoms with Gasteiger partial charge in [-0.05, 0) is 25.7 Å². The fourth-order valence-electron chi connectivity index (χ4n) is 2.30. The summed E-state index contributed by atoms with van der Waals surface area (Å²) in [6.07, 6.45) is 3.59. The molecule has 88 valence electrons. The van der Waals surface area contributed by atoms with Crippen LogP contribution < -0.4 is 5.69 Å². The lowest BCUT2D eigenvalue weighted by Gasteiger charge is -2.26. The van der Waals surface area contributed by atoms with Gasteiger partial charge in [-0.1, -0.05) is 0 Å². The van der Waals surface area contributed by atoms with Gasteiger partial charge in [-0.15, -0.1) is 0 Å². The molecule has 1 aliphatic rings. The predicted octanol–water partition coefficient (Wildman–Crippen LogP) is 0.698. The van der Waals surface area contributed by atoms with E-state index in [-0.39, 0.29) is 23.5 Å². The molecule has 6 heteroatoms. The molecule has 2 rings (SSSR count). The molecule has 0 saturated heterocycles. The fourth-order valence-corrected chi connectivity index (χ4v) is 2.30. The van der Waals surface area contributed by atoms with Gasteiger partial charge < -0.3 is 15.2 Å². The molecule has 6 nitrogen and oxygen atoms in total. The third-order valence-corrected chi connectivity index (χ3v) is 3.20. The number of carbonyl (C=O) groups is 1. The highest BCUT2D eigenvalue weighted by atomic mass is 16.4. The maximum atomic E-state index is 11.4. The smallest absolute Gasteiger partial charge is 0.328 e. The van der Waals surface area contributed by atoms with Gasteiger partial charge in [0.15, 0.2) is 0 Å². The topological polar surface area (TPSA) is 95.3 Å². The molecule has 1 saturated carbocycles. The third-order valence-electron chi connectivity index (χ3n) is 3.20. The predicted molar refractivity (Wildman–Crippen MR) is 55.3 cm³/mol. The number of aromatic hydroxyl groups is 1. The quantitative estimate of drug-likeness (QED) is 0.691. The molecule has 1 aromatic heterocycles. The summed E-state index contributed by atoms with van der Waals surface area (Å²) in [5, 5.41) is 18.3. The van der Waals surface area contributed by atoms with Crippen LogP contribution in [0.3, 0.4) is 0 Å². The van der Waals surface area contributed by atoms with E-state index in [0.717, 1.165) is 0 Å². The van der Waals surface area contributed by atoms with Crippen LogP contribution in [0.15, 0.2) is 11.0 Å². The van der Waals surface area contributed by atoms with E-state index in [1.54, 1.807) is 0 Å². The standard InChI is InChI=1S/C10H14N2O4/c13-8-5-11-10(16)12(8)7-3-1-6(2-4-7)9(14)15/h5-7,13H,1-4H2,(H,11,16)(H,14,15). The molecule has 3 N–H and O–H groups in total. The maximum Gasteiger partial charge on any atom is 0.328 e. The van der Waals surface area contributed by atoms with Crippen molar-refractivity contribution in [1.82, 2.24) is 9.55 Å². The molecular weight excluding hydrogens is 212 g/mol. The molecule has 0 atom stereocenters. The van der Waals surface area contributed by atoms with Crippen LogP contribution in [0.25, 0.3) is 0 Å². The molecule has 0 bridgehead atoms. The molecule has 0 aromatic carbocycles. The fraction of sp³-hybridized carbons (Fsp3) is 0.600. The first kappa shape index (κ1) is 10.8. The second-order valence-electron chi connectivity index (χ2n) is 4.17. The lowest BCUT2D eigenvalue weighted by atomic mass is 9.86. The normalized spacial score (nSPS) is 25.5. The van der Waals surface area contributed by atoms with Crippen LogP contribution in [0.2, 0.25) is 0 Å². The number of carboxylic acids is 1. The average Bonchev–Trinajstić information content (AvgIpc) is 2.59. The summed E-state index contributed by atoms with van der Waals surface area (Å²) in [5.74, 6) is -1.17. The minimum atomic E-state index is -0.774. The summed E-state index contributed by atoms with van der Waals surface area (Å²) >= 11 is 0. The third kappa shape index (κ3) is 1.82. The van der Waals surface area contributed by atoms with Crippen molar-refractivity contribution >= 4 is 5.97 Å². The second-order valence-corrected chi connectivity index (χ2v) is 4.17. The minimum absolute atomic E-state index is 0.0798. The van der Waals surface area contributed by atoms with Crippen molar-refractivity contribution in [3.63, 3.8) is 0 Å². The number of H-pyrrole nitrogens is 1. The monoisotopic (exact) mass is 226 g/mol. The number of nitrogens with one attached hydrogen (secondary N) is 1. The van der Waals surface area contributed by atoms with Gasteiger partial charge in [0.2, 0.25) is 5.88 Å². The number of aromatic nitrogens is 2. The average molecular weight is 226 g/mol. The molecule has 1 fully saturated rings. The number of hydrogen-bond acceptors (Lipinski definition) is 3.